The minimum Gasteiger partial charge on any atom is -0.507 e. The normalized spacial score (nSPS) is 14.0. The number of fused-ring (bicyclic) bond motifs is 1. The highest BCUT2D eigenvalue weighted by Crippen LogP contribution is 2.40. The van der Waals surface area contributed by atoms with Gasteiger partial charge in [0, 0.05) is 34.4 Å². The Morgan fingerprint density at radius 3 is 2.03 bits per heavy atom. The average molecular weight is 422 g/mol. The zero-order valence-corrected chi connectivity index (χ0v) is 19.1. The summed E-state index contributed by atoms with van der Waals surface area (Å²) < 4.78 is 0. The van der Waals surface area contributed by atoms with E-state index in [9.17, 15) is 14.7 Å². The Balaban J connectivity index is 1.94. The first kappa shape index (κ1) is 22.5. The predicted octanol–water partition coefficient (Wildman–Crippen LogP) is 4.11. The fourth-order valence-electron chi connectivity index (χ4n) is 3.88. The van der Waals surface area contributed by atoms with E-state index in [2.05, 4.69) is 0 Å². The summed E-state index contributed by atoms with van der Waals surface area (Å²) in [4.78, 5) is 26.4. The Morgan fingerprint density at radius 1 is 1.00 bits per heavy atom. The molecule has 2 aromatic carbocycles. The van der Waals surface area contributed by atoms with Gasteiger partial charge >= 0.3 is 0 Å². The van der Waals surface area contributed by atoms with Crippen LogP contribution in [0.25, 0.3) is 0 Å². The van der Waals surface area contributed by atoms with Gasteiger partial charge in [0.25, 0.3) is 0 Å². The van der Waals surface area contributed by atoms with Gasteiger partial charge in [0.05, 0.1) is 6.54 Å². The lowest BCUT2D eigenvalue weighted by atomic mass is 9.78. The van der Waals surface area contributed by atoms with Crippen LogP contribution >= 0.6 is 0 Å². The highest BCUT2D eigenvalue weighted by atomic mass is 16.3. The summed E-state index contributed by atoms with van der Waals surface area (Å²) in [5.41, 5.74) is 8.54. The van der Waals surface area contributed by atoms with Crippen LogP contribution in [0.2, 0.25) is 0 Å². The molecule has 0 unspecified atom stereocenters. The van der Waals surface area contributed by atoms with E-state index >= 15 is 0 Å². The number of amidine groups is 1. The van der Waals surface area contributed by atoms with Crippen LogP contribution in [0.5, 0.6) is 5.75 Å². The molecule has 0 aliphatic carbocycles. The van der Waals surface area contributed by atoms with Crippen LogP contribution in [0, 0.1) is 5.41 Å². The fraction of sp³-hybridized carbons (Fsp3) is 0.400. The van der Waals surface area contributed by atoms with Crippen LogP contribution < -0.4 is 5.73 Å². The van der Waals surface area contributed by atoms with Gasteiger partial charge in [0.15, 0.2) is 5.78 Å². The van der Waals surface area contributed by atoms with E-state index < -0.39 is 5.91 Å². The predicted molar refractivity (Wildman–Crippen MR) is 122 cm³/mol. The van der Waals surface area contributed by atoms with Crippen molar-refractivity contribution in [2.75, 3.05) is 6.54 Å². The summed E-state index contributed by atoms with van der Waals surface area (Å²) in [6.45, 7) is 12.5. The van der Waals surface area contributed by atoms with Crippen LogP contribution in [-0.4, -0.2) is 34.1 Å². The minimum atomic E-state index is -0.543. The van der Waals surface area contributed by atoms with Gasteiger partial charge in [0.1, 0.15) is 11.6 Å². The van der Waals surface area contributed by atoms with Crippen molar-refractivity contribution >= 4 is 17.5 Å². The third kappa shape index (κ3) is 4.33. The van der Waals surface area contributed by atoms with Crippen molar-refractivity contribution < 1.29 is 14.7 Å². The van der Waals surface area contributed by atoms with E-state index in [1.165, 1.54) is 0 Å². The number of nitrogens with two attached hydrogens (primary N) is 1. The first-order valence-corrected chi connectivity index (χ1v) is 10.4. The number of carbonyl (C=O) groups excluding carboxylic acids is 2. The third-order valence-electron chi connectivity index (χ3n) is 5.71. The molecule has 31 heavy (non-hydrogen) atoms. The smallest absolute Gasteiger partial charge is 0.248 e. The molecular weight excluding hydrogens is 390 g/mol. The van der Waals surface area contributed by atoms with Crippen molar-refractivity contribution in [2.45, 2.75) is 58.9 Å². The molecular formula is C25H31N3O3. The average Bonchev–Trinajstić information content (AvgIpc) is 2.95. The van der Waals surface area contributed by atoms with Gasteiger partial charge in [-0.1, -0.05) is 47.6 Å². The molecule has 1 amide bonds. The second-order valence-corrected chi connectivity index (χ2v) is 10.3. The zero-order valence-electron chi connectivity index (χ0n) is 19.1. The number of phenols is 1. The molecule has 4 N–H and O–H groups in total. The van der Waals surface area contributed by atoms with E-state index in [0.29, 0.717) is 23.2 Å². The Kier molecular flexibility index (Phi) is 5.47. The number of nitrogens with one attached hydrogen (secondary N) is 1. The number of hydrogen-bond donors (Lipinski definition) is 3. The molecule has 0 aromatic heterocycles. The molecule has 0 fully saturated rings. The van der Waals surface area contributed by atoms with Crippen molar-refractivity contribution in [3.8, 4) is 5.75 Å². The Hall–Kier alpha value is -3.15. The number of Topliss-reactive ketones (excluding diaryl/α,β-unsaturated/α-hetero) is 1. The molecule has 3 rings (SSSR count). The monoisotopic (exact) mass is 421 g/mol. The fourth-order valence-corrected chi connectivity index (χ4v) is 3.88. The number of phenolic OH excluding ortho intramolecular Hbond substituents is 1. The summed E-state index contributed by atoms with van der Waals surface area (Å²) in [6.07, 6.45) is 0. The molecule has 2 aromatic rings. The number of aromatic hydroxyl groups is 1. The van der Waals surface area contributed by atoms with E-state index in [0.717, 1.165) is 16.7 Å². The zero-order chi connectivity index (χ0) is 23.3. The van der Waals surface area contributed by atoms with Crippen LogP contribution in [0.15, 0.2) is 30.3 Å². The second kappa shape index (κ2) is 7.52. The summed E-state index contributed by atoms with van der Waals surface area (Å²) >= 11 is 0. The van der Waals surface area contributed by atoms with Crippen molar-refractivity contribution in [3.05, 3.63) is 63.7 Å². The third-order valence-corrected chi connectivity index (χ3v) is 5.71. The molecule has 6 heteroatoms. The minimum absolute atomic E-state index is 0.0390. The van der Waals surface area contributed by atoms with Gasteiger partial charge in [-0.05, 0) is 40.7 Å². The molecule has 1 aliphatic heterocycles. The van der Waals surface area contributed by atoms with Gasteiger partial charge in [0.2, 0.25) is 5.91 Å². The highest BCUT2D eigenvalue weighted by molar-refractivity contribution is 6.06. The van der Waals surface area contributed by atoms with Gasteiger partial charge < -0.3 is 15.7 Å². The Bertz CT molecular complexity index is 1050. The summed E-state index contributed by atoms with van der Waals surface area (Å²) in [7, 11) is 0. The Morgan fingerprint density at radius 2 is 1.55 bits per heavy atom. The van der Waals surface area contributed by atoms with E-state index in [1.807, 2.05) is 41.5 Å². The lowest BCUT2D eigenvalue weighted by Crippen LogP contribution is -2.30. The van der Waals surface area contributed by atoms with Crippen LogP contribution in [0.4, 0.5) is 0 Å². The molecule has 6 nitrogen and oxygen atoms in total. The first-order chi connectivity index (χ1) is 14.2. The molecule has 0 saturated carbocycles. The van der Waals surface area contributed by atoms with Crippen LogP contribution in [0.3, 0.4) is 0 Å². The van der Waals surface area contributed by atoms with Gasteiger partial charge in [-0.15, -0.1) is 0 Å². The number of benzene rings is 2. The van der Waals surface area contributed by atoms with Crippen molar-refractivity contribution in [1.29, 1.82) is 5.41 Å². The summed E-state index contributed by atoms with van der Waals surface area (Å²) in [6, 6.07) is 8.58. The SMILES string of the molecule is CC(C)(C)c1cc(C(=O)CN2Cc3ccc(C(N)=O)cc3C2=N)cc(C(C)(C)C)c1O. The van der Waals surface area contributed by atoms with E-state index in [-0.39, 0.29) is 34.7 Å². The molecule has 0 atom stereocenters. The molecule has 164 valence electrons. The number of hydrogen-bond acceptors (Lipinski definition) is 4. The molecule has 0 spiro atoms. The number of amides is 1. The van der Waals surface area contributed by atoms with Crippen molar-refractivity contribution in [2.24, 2.45) is 5.73 Å². The topological polar surface area (TPSA) is 107 Å². The molecule has 0 radical (unpaired) electrons. The number of primary amides is 1. The maximum Gasteiger partial charge on any atom is 0.248 e. The van der Waals surface area contributed by atoms with Crippen molar-refractivity contribution in [3.63, 3.8) is 0 Å². The van der Waals surface area contributed by atoms with E-state index in [4.69, 9.17) is 11.1 Å². The number of ketones is 1. The summed E-state index contributed by atoms with van der Waals surface area (Å²) in [5, 5.41) is 19.4. The maximum absolute atomic E-state index is 13.2. The van der Waals surface area contributed by atoms with Gasteiger partial charge in [-0.3, -0.25) is 15.0 Å². The maximum atomic E-state index is 13.2. The van der Waals surface area contributed by atoms with Crippen LogP contribution in [0.1, 0.15) is 84.5 Å². The van der Waals surface area contributed by atoms with Gasteiger partial charge in [-0.25, -0.2) is 0 Å². The molecule has 0 bridgehead atoms. The van der Waals surface area contributed by atoms with E-state index in [1.54, 1.807) is 35.2 Å². The lowest BCUT2D eigenvalue weighted by Gasteiger charge is -2.28. The Labute approximate surface area is 183 Å². The lowest BCUT2D eigenvalue weighted by molar-refractivity contribution is 0.0960. The van der Waals surface area contributed by atoms with Crippen LogP contribution in [-0.2, 0) is 17.4 Å². The molecule has 1 heterocycles. The number of carbonyl (C=O) groups is 2. The largest absolute Gasteiger partial charge is 0.507 e. The van der Waals surface area contributed by atoms with Crippen molar-refractivity contribution in [1.82, 2.24) is 4.90 Å². The first-order valence-electron chi connectivity index (χ1n) is 10.4. The number of nitrogens with zero attached hydrogens (tertiary/aromatic N) is 1. The number of rotatable bonds is 4. The summed E-state index contributed by atoms with van der Waals surface area (Å²) in [5.74, 6) is -0.225. The second-order valence-electron chi connectivity index (χ2n) is 10.3. The quantitative estimate of drug-likeness (QED) is 0.646. The molecule has 0 saturated heterocycles. The standard InChI is InChI=1S/C25H31N3O3/c1-24(2,3)18-10-16(11-19(21(18)30)25(4,5)6)20(29)13-28-12-15-8-7-14(23(27)31)9-17(15)22(28)26/h7-11,26,30H,12-13H2,1-6H3,(H2,27,31). The molecule has 1 aliphatic rings. The highest BCUT2D eigenvalue weighted by Gasteiger charge is 2.30. The van der Waals surface area contributed by atoms with Gasteiger partial charge in [-0.2, -0.15) is 0 Å².